The van der Waals surface area contributed by atoms with Crippen molar-refractivity contribution in [3.05, 3.63) is 29.8 Å². The molecule has 0 unspecified atom stereocenters. The molecule has 1 aromatic carbocycles. The summed E-state index contributed by atoms with van der Waals surface area (Å²) in [5, 5.41) is 6.30. The molecule has 0 fully saturated rings. The second kappa shape index (κ2) is 6.89. The predicted molar refractivity (Wildman–Crippen MR) is 76.2 cm³/mol. The molecular formula is C14H23N3O. The van der Waals surface area contributed by atoms with Crippen molar-refractivity contribution in [3.8, 4) is 5.75 Å². The SMILES string of the molecule is CN=C(NC)N[C@@H](C)c1cccc(OC(C)C)c1. The number of rotatable bonds is 4. The number of nitrogens with one attached hydrogen (secondary N) is 2. The molecule has 0 aromatic heterocycles. The zero-order valence-corrected chi connectivity index (χ0v) is 11.8. The smallest absolute Gasteiger partial charge is 0.191 e. The van der Waals surface area contributed by atoms with Crippen LogP contribution in [0.3, 0.4) is 0 Å². The molecule has 0 amide bonds. The standard InChI is InChI=1S/C14H23N3O/c1-10(2)18-13-8-6-7-12(9-13)11(3)17-14(15-4)16-5/h6-11H,1-5H3,(H2,15,16,17)/t11-/m0/s1. The molecule has 0 heterocycles. The monoisotopic (exact) mass is 249 g/mol. The lowest BCUT2D eigenvalue weighted by molar-refractivity contribution is 0.242. The van der Waals surface area contributed by atoms with Crippen LogP contribution in [0.5, 0.6) is 5.75 Å². The fraction of sp³-hybridized carbons (Fsp3) is 0.500. The second-order valence-corrected chi connectivity index (χ2v) is 4.43. The highest BCUT2D eigenvalue weighted by molar-refractivity contribution is 5.79. The number of benzene rings is 1. The Hall–Kier alpha value is -1.71. The quantitative estimate of drug-likeness (QED) is 0.636. The highest BCUT2D eigenvalue weighted by Crippen LogP contribution is 2.19. The van der Waals surface area contributed by atoms with Gasteiger partial charge in [-0.25, -0.2) is 0 Å². The van der Waals surface area contributed by atoms with Gasteiger partial charge in [0.15, 0.2) is 5.96 Å². The van der Waals surface area contributed by atoms with Crippen molar-refractivity contribution in [1.82, 2.24) is 10.6 Å². The molecule has 1 aromatic rings. The fourth-order valence-electron chi connectivity index (χ4n) is 1.67. The molecule has 0 aliphatic rings. The topological polar surface area (TPSA) is 45.7 Å². The van der Waals surface area contributed by atoms with Crippen LogP contribution in [0.15, 0.2) is 29.3 Å². The molecule has 0 spiro atoms. The molecule has 0 saturated heterocycles. The van der Waals surface area contributed by atoms with E-state index in [-0.39, 0.29) is 12.1 Å². The van der Waals surface area contributed by atoms with Gasteiger partial charge in [-0.05, 0) is 38.5 Å². The van der Waals surface area contributed by atoms with Crippen LogP contribution < -0.4 is 15.4 Å². The largest absolute Gasteiger partial charge is 0.491 e. The first-order chi connectivity index (χ1) is 8.56. The Labute approximate surface area is 109 Å². The summed E-state index contributed by atoms with van der Waals surface area (Å²) in [4.78, 5) is 4.11. The average molecular weight is 249 g/mol. The number of aliphatic imine (C=N–C) groups is 1. The fourth-order valence-corrected chi connectivity index (χ4v) is 1.67. The van der Waals surface area contributed by atoms with Crippen molar-refractivity contribution >= 4 is 5.96 Å². The summed E-state index contributed by atoms with van der Waals surface area (Å²) in [6.45, 7) is 6.14. The Morgan fingerprint density at radius 1 is 1.28 bits per heavy atom. The predicted octanol–water partition coefficient (Wildman–Crippen LogP) is 2.33. The van der Waals surface area contributed by atoms with E-state index in [4.69, 9.17) is 4.74 Å². The molecule has 1 atom stereocenters. The van der Waals surface area contributed by atoms with Gasteiger partial charge in [0.05, 0.1) is 12.1 Å². The third-order valence-electron chi connectivity index (χ3n) is 2.54. The van der Waals surface area contributed by atoms with E-state index in [1.54, 1.807) is 7.05 Å². The Morgan fingerprint density at radius 2 is 2.00 bits per heavy atom. The average Bonchev–Trinajstić information content (AvgIpc) is 2.35. The van der Waals surface area contributed by atoms with Crippen LogP contribution in [0.4, 0.5) is 0 Å². The Bertz CT molecular complexity index is 402. The molecule has 4 heteroatoms. The molecule has 4 nitrogen and oxygen atoms in total. The van der Waals surface area contributed by atoms with Gasteiger partial charge < -0.3 is 15.4 Å². The van der Waals surface area contributed by atoms with Crippen LogP contribution in [0.1, 0.15) is 32.4 Å². The van der Waals surface area contributed by atoms with Gasteiger partial charge >= 0.3 is 0 Å². The van der Waals surface area contributed by atoms with Gasteiger partial charge in [0.1, 0.15) is 5.75 Å². The number of hydrogen-bond donors (Lipinski definition) is 2. The van der Waals surface area contributed by atoms with Gasteiger partial charge in [0.25, 0.3) is 0 Å². The van der Waals surface area contributed by atoms with E-state index in [1.165, 1.54) is 5.56 Å². The molecule has 0 bridgehead atoms. The lowest BCUT2D eigenvalue weighted by Crippen LogP contribution is -2.36. The maximum atomic E-state index is 5.69. The number of hydrogen-bond acceptors (Lipinski definition) is 2. The molecule has 2 N–H and O–H groups in total. The minimum absolute atomic E-state index is 0.173. The van der Waals surface area contributed by atoms with Crippen molar-refractivity contribution in [1.29, 1.82) is 0 Å². The van der Waals surface area contributed by atoms with Gasteiger partial charge in [0, 0.05) is 14.1 Å². The van der Waals surface area contributed by atoms with Crippen LogP contribution in [0, 0.1) is 0 Å². The summed E-state index contributed by atoms with van der Waals surface area (Å²) >= 11 is 0. The van der Waals surface area contributed by atoms with E-state index < -0.39 is 0 Å². The highest BCUT2D eigenvalue weighted by Gasteiger charge is 2.08. The van der Waals surface area contributed by atoms with Crippen LogP contribution in [0.25, 0.3) is 0 Å². The Kier molecular flexibility index (Phi) is 5.49. The molecule has 0 radical (unpaired) electrons. The van der Waals surface area contributed by atoms with Crippen molar-refractivity contribution < 1.29 is 4.74 Å². The maximum Gasteiger partial charge on any atom is 0.191 e. The van der Waals surface area contributed by atoms with Gasteiger partial charge in [-0.15, -0.1) is 0 Å². The van der Waals surface area contributed by atoms with E-state index in [9.17, 15) is 0 Å². The van der Waals surface area contributed by atoms with Crippen molar-refractivity contribution in [2.24, 2.45) is 4.99 Å². The third kappa shape index (κ3) is 4.28. The van der Waals surface area contributed by atoms with E-state index in [0.29, 0.717) is 0 Å². The molecule has 0 aliphatic carbocycles. The van der Waals surface area contributed by atoms with Crippen LogP contribution in [0.2, 0.25) is 0 Å². The van der Waals surface area contributed by atoms with E-state index in [0.717, 1.165) is 11.7 Å². The lowest BCUT2D eigenvalue weighted by Gasteiger charge is -2.18. The van der Waals surface area contributed by atoms with Gasteiger partial charge in [-0.2, -0.15) is 0 Å². The van der Waals surface area contributed by atoms with Gasteiger partial charge in [0.2, 0.25) is 0 Å². The lowest BCUT2D eigenvalue weighted by atomic mass is 10.1. The molecule has 0 aliphatic heterocycles. The minimum Gasteiger partial charge on any atom is -0.491 e. The minimum atomic E-state index is 0.173. The molecule has 1 rings (SSSR count). The zero-order valence-electron chi connectivity index (χ0n) is 11.8. The first-order valence-electron chi connectivity index (χ1n) is 6.24. The molecular weight excluding hydrogens is 226 g/mol. The summed E-state index contributed by atoms with van der Waals surface area (Å²) in [5.41, 5.74) is 1.17. The number of guanidine groups is 1. The number of ether oxygens (including phenoxy) is 1. The first kappa shape index (κ1) is 14.4. The maximum absolute atomic E-state index is 5.69. The van der Waals surface area contributed by atoms with Crippen molar-refractivity contribution in [2.75, 3.05) is 14.1 Å². The van der Waals surface area contributed by atoms with Crippen LogP contribution in [-0.4, -0.2) is 26.2 Å². The summed E-state index contributed by atoms with van der Waals surface area (Å²) in [7, 11) is 3.60. The Morgan fingerprint density at radius 3 is 2.56 bits per heavy atom. The highest BCUT2D eigenvalue weighted by atomic mass is 16.5. The van der Waals surface area contributed by atoms with E-state index in [2.05, 4.69) is 34.7 Å². The van der Waals surface area contributed by atoms with E-state index in [1.807, 2.05) is 33.0 Å². The van der Waals surface area contributed by atoms with Crippen molar-refractivity contribution in [2.45, 2.75) is 32.9 Å². The van der Waals surface area contributed by atoms with Crippen LogP contribution >= 0.6 is 0 Å². The summed E-state index contributed by atoms with van der Waals surface area (Å²) in [6, 6.07) is 8.29. The Balaban J connectivity index is 2.76. The first-order valence-corrected chi connectivity index (χ1v) is 6.24. The van der Waals surface area contributed by atoms with Crippen LogP contribution in [-0.2, 0) is 0 Å². The number of nitrogens with zero attached hydrogens (tertiary/aromatic N) is 1. The normalized spacial score (nSPS) is 13.3. The summed E-state index contributed by atoms with van der Waals surface area (Å²) in [6.07, 6.45) is 0.189. The van der Waals surface area contributed by atoms with Gasteiger partial charge in [-0.3, -0.25) is 4.99 Å². The van der Waals surface area contributed by atoms with Crippen molar-refractivity contribution in [3.63, 3.8) is 0 Å². The summed E-state index contributed by atoms with van der Waals surface area (Å²) in [5.74, 6) is 1.67. The molecule has 100 valence electrons. The summed E-state index contributed by atoms with van der Waals surface area (Å²) < 4.78 is 5.69. The van der Waals surface area contributed by atoms with E-state index >= 15 is 0 Å². The zero-order chi connectivity index (χ0) is 13.5. The third-order valence-corrected chi connectivity index (χ3v) is 2.54. The second-order valence-electron chi connectivity index (χ2n) is 4.43. The van der Waals surface area contributed by atoms with Gasteiger partial charge in [-0.1, -0.05) is 12.1 Å². The molecule has 18 heavy (non-hydrogen) atoms. The molecule has 0 saturated carbocycles.